The zero-order chi connectivity index (χ0) is 24.1. The van der Waals surface area contributed by atoms with Crippen LogP contribution < -0.4 is 4.57 Å². The Bertz CT molecular complexity index is 703. The molecule has 0 fully saturated rings. The molecule has 0 atom stereocenters. The fourth-order valence-corrected chi connectivity index (χ4v) is 5.11. The van der Waals surface area contributed by atoms with Gasteiger partial charge in [0.25, 0.3) is 5.82 Å². The highest BCUT2D eigenvalue weighted by Crippen LogP contribution is 2.16. The number of nitrogens with zero attached hydrogens (tertiary/aromatic N) is 2. The molecule has 2 aromatic rings. The van der Waals surface area contributed by atoms with Crippen molar-refractivity contribution < 1.29 is 4.57 Å². The van der Waals surface area contributed by atoms with Crippen LogP contribution in [0.2, 0.25) is 0 Å². The van der Waals surface area contributed by atoms with Crippen LogP contribution in [0.15, 0.2) is 42.7 Å². The molecular formula is C32H55N2+. The summed E-state index contributed by atoms with van der Waals surface area (Å²) in [4.78, 5) is 0. The van der Waals surface area contributed by atoms with Crippen molar-refractivity contribution in [2.45, 2.75) is 149 Å². The molecule has 0 aliphatic rings. The van der Waals surface area contributed by atoms with E-state index in [1.54, 1.807) is 0 Å². The monoisotopic (exact) mass is 467 g/mol. The van der Waals surface area contributed by atoms with Crippen LogP contribution in [0.4, 0.5) is 0 Å². The molecule has 0 radical (unpaired) electrons. The molecule has 0 saturated heterocycles. The van der Waals surface area contributed by atoms with Gasteiger partial charge >= 0.3 is 0 Å². The summed E-state index contributed by atoms with van der Waals surface area (Å²) in [6.45, 7) is 5.74. The van der Waals surface area contributed by atoms with Crippen molar-refractivity contribution in [1.29, 1.82) is 0 Å². The molecule has 0 aliphatic carbocycles. The maximum absolute atomic E-state index is 2.51. The SMILES string of the molecule is CCCCCCCCCCCCCCCCCCc1n(-c2ccccc2)cc[n+]1CCCCC. The van der Waals surface area contributed by atoms with Crippen molar-refractivity contribution >= 4 is 0 Å². The fraction of sp³-hybridized carbons (Fsp3) is 0.719. The summed E-state index contributed by atoms with van der Waals surface area (Å²) in [5.74, 6) is 1.48. The summed E-state index contributed by atoms with van der Waals surface area (Å²) in [6, 6.07) is 10.9. The average molecular weight is 468 g/mol. The molecule has 0 unspecified atom stereocenters. The minimum Gasteiger partial charge on any atom is -0.234 e. The molecule has 0 N–H and O–H groups in total. The first-order valence-corrected chi connectivity index (χ1v) is 15.0. The third-order valence-electron chi connectivity index (χ3n) is 7.30. The van der Waals surface area contributed by atoms with Crippen molar-refractivity contribution in [3.63, 3.8) is 0 Å². The number of para-hydroxylation sites is 1. The second-order valence-corrected chi connectivity index (χ2v) is 10.4. The molecule has 2 rings (SSSR count). The predicted octanol–water partition coefficient (Wildman–Crippen LogP) is 9.76. The van der Waals surface area contributed by atoms with E-state index in [-0.39, 0.29) is 0 Å². The summed E-state index contributed by atoms with van der Waals surface area (Å²) in [5.41, 5.74) is 1.29. The van der Waals surface area contributed by atoms with E-state index in [4.69, 9.17) is 0 Å². The van der Waals surface area contributed by atoms with Gasteiger partial charge in [-0.05, 0) is 31.4 Å². The Morgan fingerprint density at radius 3 is 1.56 bits per heavy atom. The first-order valence-electron chi connectivity index (χ1n) is 15.0. The Morgan fingerprint density at radius 1 is 0.559 bits per heavy atom. The molecule has 2 nitrogen and oxygen atoms in total. The molecule has 1 heterocycles. The first-order chi connectivity index (χ1) is 16.9. The number of imidazole rings is 1. The number of aryl methyl sites for hydroxylation is 1. The van der Waals surface area contributed by atoms with Crippen molar-refractivity contribution in [3.05, 3.63) is 48.5 Å². The quantitative estimate of drug-likeness (QED) is 0.120. The summed E-state index contributed by atoms with van der Waals surface area (Å²) in [5, 5.41) is 0. The topological polar surface area (TPSA) is 8.81 Å². The number of hydrogen-bond acceptors (Lipinski definition) is 0. The lowest BCUT2D eigenvalue weighted by atomic mass is 10.0. The van der Waals surface area contributed by atoms with Gasteiger partial charge < -0.3 is 0 Å². The number of benzene rings is 1. The molecule has 192 valence electrons. The smallest absolute Gasteiger partial charge is 0.234 e. The third-order valence-corrected chi connectivity index (χ3v) is 7.30. The lowest BCUT2D eigenvalue weighted by Gasteiger charge is -2.06. The number of unbranched alkanes of at least 4 members (excludes halogenated alkanes) is 17. The van der Waals surface area contributed by atoms with Gasteiger partial charge in [0, 0.05) is 6.42 Å². The van der Waals surface area contributed by atoms with Gasteiger partial charge in [-0.15, -0.1) is 0 Å². The van der Waals surface area contributed by atoms with Gasteiger partial charge in [0.05, 0.1) is 6.54 Å². The van der Waals surface area contributed by atoms with Crippen LogP contribution in [0.3, 0.4) is 0 Å². The maximum atomic E-state index is 2.51. The van der Waals surface area contributed by atoms with Crippen LogP contribution in [-0.2, 0) is 13.0 Å². The highest BCUT2D eigenvalue weighted by molar-refractivity contribution is 5.31. The molecule has 0 spiro atoms. The summed E-state index contributed by atoms with van der Waals surface area (Å²) in [7, 11) is 0. The Kier molecular flexibility index (Phi) is 16.6. The van der Waals surface area contributed by atoms with Gasteiger partial charge in [-0.25, -0.2) is 4.57 Å². The summed E-state index contributed by atoms with van der Waals surface area (Å²) < 4.78 is 4.92. The molecule has 34 heavy (non-hydrogen) atoms. The van der Waals surface area contributed by atoms with Crippen LogP contribution in [-0.4, -0.2) is 4.57 Å². The Labute approximate surface area is 212 Å². The highest BCUT2D eigenvalue weighted by Gasteiger charge is 2.18. The molecule has 2 heteroatoms. The normalized spacial score (nSPS) is 11.4. The lowest BCUT2D eigenvalue weighted by Crippen LogP contribution is -2.37. The highest BCUT2D eigenvalue weighted by atomic mass is 15.1. The first kappa shape index (κ1) is 28.7. The third kappa shape index (κ3) is 12.2. The number of hydrogen-bond donors (Lipinski definition) is 0. The molecular weight excluding hydrogens is 412 g/mol. The fourth-order valence-electron chi connectivity index (χ4n) is 5.11. The maximum Gasteiger partial charge on any atom is 0.261 e. The molecule has 0 amide bonds. The summed E-state index contributed by atoms with van der Waals surface area (Å²) in [6.07, 6.45) is 32.5. The average Bonchev–Trinajstić information content (AvgIpc) is 3.27. The van der Waals surface area contributed by atoms with Crippen molar-refractivity contribution in [3.8, 4) is 5.69 Å². The van der Waals surface area contributed by atoms with Crippen LogP contribution in [0.5, 0.6) is 0 Å². The van der Waals surface area contributed by atoms with Crippen molar-refractivity contribution in [2.75, 3.05) is 0 Å². The van der Waals surface area contributed by atoms with E-state index < -0.39 is 0 Å². The zero-order valence-corrected chi connectivity index (χ0v) is 22.8. The van der Waals surface area contributed by atoms with Gasteiger partial charge in [0.2, 0.25) is 0 Å². The molecule has 0 bridgehead atoms. The second-order valence-electron chi connectivity index (χ2n) is 10.4. The lowest BCUT2D eigenvalue weighted by molar-refractivity contribution is -0.704. The van der Waals surface area contributed by atoms with Crippen LogP contribution in [0.1, 0.15) is 142 Å². The van der Waals surface area contributed by atoms with E-state index in [2.05, 4.69) is 65.7 Å². The standard InChI is InChI=1S/C32H55N2/c1-3-5-7-8-9-10-11-12-13-14-15-16-17-18-19-23-27-32-33(28-24-6-4-2)29-30-34(32)31-25-21-20-22-26-31/h20-22,25-26,29-30H,3-19,23-24,27-28H2,1-2H3/q+1. The largest absolute Gasteiger partial charge is 0.261 e. The number of rotatable bonds is 22. The van der Waals surface area contributed by atoms with Crippen molar-refractivity contribution in [2.24, 2.45) is 0 Å². The van der Waals surface area contributed by atoms with Crippen LogP contribution in [0.25, 0.3) is 5.69 Å². The molecule has 1 aromatic heterocycles. The van der Waals surface area contributed by atoms with Gasteiger partial charge in [-0.2, -0.15) is 4.57 Å². The van der Waals surface area contributed by atoms with Crippen LogP contribution >= 0.6 is 0 Å². The minimum atomic E-state index is 1.15. The Morgan fingerprint density at radius 2 is 1.03 bits per heavy atom. The Balaban J connectivity index is 1.55. The van der Waals surface area contributed by atoms with Gasteiger partial charge in [-0.3, -0.25) is 0 Å². The van der Waals surface area contributed by atoms with Gasteiger partial charge in [-0.1, -0.05) is 135 Å². The Hall–Kier alpha value is -1.57. The minimum absolute atomic E-state index is 1.15. The predicted molar refractivity (Wildman–Crippen MR) is 149 cm³/mol. The zero-order valence-electron chi connectivity index (χ0n) is 22.8. The number of aromatic nitrogens is 2. The molecule has 1 aromatic carbocycles. The van der Waals surface area contributed by atoms with E-state index >= 15 is 0 Å². The van der Waals surface area contributed by atoms with E-state index in [0.29, 0.717) is 0 Å². The van der Waals surface area contributed by atoms with E-state index in [0.717, 1.165) is 6.54 Å². The van der Waals surface area contributed by atoms with E-state index in [1.165, 1.54) is 140 Å². The van der Waals surface area contributed by atoms with Gasteiger partial charge in [0.15, 0.2) is 0 Å². The van der Waals surface area contributed by atoms with Crippen molar-refractivity contribution in [1.82, 2.24) is 4.57 Å². The van der Waals surface area contributed by atoms with Gasteiger partial charge in [0.1, 0.15) is 18.1 Å². The molecule has 0 saturated carbocycles. The second kappa shape index (κ2) is 19.7. The van der Waals surface area contributed by atoms with E-state index in [1.807, 2.05) is 0 Å². The van der Waals surface area contributed by atoms with E-state index in [9.17, 15) is 0 Å². The summed E-state index contributed by atoms with van der Waals surface area (Å²) >= 11 is 0. The van der Waals surface area contributed by atoms with Crippen LogP contribution in [0, 0.1) is 0 Å². The molecule has 0 aliphatic heterocycles.